The van der Waals surface area contributed by atoms with E-state index in [2.05, 4.69) is 36.1 Å². The van der Waals surface area contributed by atoms with Crippen molar-refractivity contribution in [2.45, 2.75) is 6.92 Å². The molecule has 0 atom stereocenters. The molecule has 0 unspecified atom stereocenters. The second-order valence-corrected chi connectivity index (χ2v) is 10.3. The Morgan fingerprint density at radius 2 is 1.94 bits per heavy atom. The van der Waals surface area contributed by atoms with Gasteiger partial charge < -0.3 is 10.6 Å². The van der Waals surface area contributed by atoms with E-state index in [-0.39, 0.29) is 32.4 Å². The minimum atomic E-state index is -0.281. The van der Waals surface area contributed by atoms with Crippen LogP contribution < -0.4 is 10.6 Å². The molecule has 34 heavy (non-hydrogen) atoms. The van der Waals surface area contributed by atoms with E-state index in [0.717, 1.165) is 22.3 Å². The molecule has 2 aromatic carbocycles. The summed E-state index contributed by atoms with van der Waals surface area (Å²) in [6.45, 7) is 1.83. The summed E-state index contributed by atoms with van der Waals surface area (Å²) in [5.74, 6) is -0.418. The average Bonchev–Trinajstić information content (AvgIpc) is 3.57. The fourth-order valence-corrected chi connectivity index (χ4v) is 5.20. The number of aromatic amines is 1. The number of nitrogens with one attached hydrogen (secondary N) is 3. The molecule has 1 aliphatic rings. The van der Waals surface area contributed by atoms with Crippen molar-refractivity contribution in [1.82, 2.24) is 25.3 Å². The standard InChI is InChI=1S/C25H21IN6O2/c1-15-12-22(32(2)31-15)25(34)28-18-5-3-4-16(13-18)24(33)17-6-7-19-20(29-30-21(19)14-17)8-9-23-26-10-11-27-23/h3-14,27H,1-2H3,(H,28,34)(H,29,30)/b9-8+. The SMILES string of the molecule is Cc1cc(C(=O)Nc2cccc(C(=O)c3ccc4c(/C=C/C5=IC=CN5)n[nH]c4c3)c2)n(C)n1. The van der Waals surface area contributed by atoms with Crippen LogP contribution in [0.3, 0.4) is 0 Å². The molecule has 0 radical (unpaired) electrons. The lowest BCUT2D eigenvalue weighted by Crippen LogP contribution is -2.16. The summed E-state index contributed by atoms with van der Waals surface area (Å²) in [4.78, 5) is 25.8. The van der Waals surface area contributed by atoms with E-state index in [1.165, 1.54) is 8.31 Å². The van der Waals surface area contributed by atoms with Crippen molar-refractivity contribution >= 4 is 58.7 Å². The molecule has 4 aromatic rings. The van der Waals surface area contributed by atoms with Gasteiger partial charge in [-0.1, -0.05) is 38.9 Å². The lowest BCUT2D eigenvalue weighted by atomic mass is 10.0. The maximum Gasteiger partial charge on any atom is 0.273 e. The molecular weight excluding hydrogens is 543 g/mol. The molecule has 0 bridgehead atoms. The Morgan fingerprint density at radius 1 is 1.09 bits per heavy atom. The van der Waals surface area contributed by atoms with E-state index in [1.54, 1.807) is 49.5 Å². The van der Waals surface area contributed by atoms with Gasteiger partial charge in [0.2, 0.25) is 0 Å². The summed E-state index contributed by atoms with van der Waals surface area (Å²) >= 11 is -0.0898. The molecule has 0 fully saturated rings. The number of ketones is 1. The summed E-state index contributed by atoms with van der Waals surface area (Å²) < 4.78 is 4.91. The number of benzene rings is 2. The van der Waals surface area contributed by atoms with Crippen LogP contribution in [0.15, 0.2) is 64.9 Å². The zero-order valence-corrected chi connectivity index (χ0v) is 20.6. The zero-order valence-electron chi connectivity index (χ0n) is 18.5. The normalized spacial score (nSPS) is 13.1. The van der Waals surface area contributed by atoms with Crippen LogP contribution in [-0.2, 0) is 7.05 Å². The third-order valence-electron chi connectivity index (χ3n) is 5.32. The Labute approximate surface area is 205 Å². The van der Waals surface area contributed by atoms with Crippen molar-refractivity contribution in [1.29, 1.82) is 0 Å². The van der Waals surface area contributed by atoms with E-state index in [9.17, 15) is 9.59 Å². The average molecular weight is 564 g/mol. The van der Waals surface area contributed by atoms with Gasteiger partial charge in [0.05, 0.1) is 20.5 Å². The van der Waals surface area contributed by atoms with Crippen LogP contribution in [0.4, 0.5) is 5.69 Å². The number of rotatable bonds is 6. The van der Waals surface area contributed by atoms with Crippen molar-refractivity contribution in [2.24, 2.45) is 7.05 Å². The Hall–Kier alpha value is -3.86. The zero-order chi connectivity index (χ0) is 23.7. The van der Waals surface area contributed by atoms with Gasteiger partial charge in [-0.15, -0.1) is 0 Å². The summed E-state index contributed by atoms with van der Waals surface area (Å²) in [6, 6.07) is 14.2. The second-order valence-electron chi connectivity index (χ2n) is 7.76. The van der Waals surface area contributed by atoms with E-state index < -0.39 is 0 Å². The van der Waals surface area contributed by atoms with Gasteiger partial charge in [0, 0.05) is 35.4 Å². The fraction of sp³-hybridized carbons (Fsp3) is 0.0800. The molecule has 3 N–H and O–H groups in total. The van der Waals surface area contributed by atoms with Gasteiger partial charge in [-0.05, 0) is 53.5 Å². The first-order valence-corrected chi connectivity index (χ1v) is 12.9. The van der Waals surface area contributed by atoms with Crippen LogP contribution in [0.2, 0.25) is 0 Å². The van der Waals surface area contributed by atoms with Gasteiger partial charge in [0.25, 0.3) is 5.91 Å². The number of carbonyl (C=O) groups excluding carboxylic acids is 2. The second kappa shape index (κ2) is 9.18. The van der Waals surface area contributed by atoms with Crippen LogP contribution in [0.5, 0.6) is 0 Å². The first kappa shape index (κ1) is 22.0. The largest absolute Gasteiger partial charge is 0.357 e. The molecule has 2 aromatic heterocycles. The van der Waals surface area contributed by atoms with Crippen LogP contribution in [0, 0.1) is 6.92 Å². The number of hydrogen-bond acceptors (Lipinski definition) is 5. The molecule has 0 spiro atoms. The number of H-pyrrole nitrogens is 1. The smallest absolute Gasteiger partial charge is 0.273 e. The van der Waals surface area contributed by atoms with E-state index in [0.29, 0.717) is 22.5 Å². The molecule has 9 heteroatoms. The Morgan fingerprint density at radius 3 is 2.71 bits per heavy atom. The number of aromatic nitrogens is 4. The Bertz CT molecular complexity index is 1530. The molecule has 1 aliphatic heterocycles. The number of amides is 1. The lowest BCUT2D eigenvalue weighted by Gasteiger charge is -2.08. The number of carbonyl (C=O) groups is 2. The van der Waals surface area contributed by atoms with Gasteiger partial charge in [-0.2, -0.15) is 10.2 Å². The summed E-state index contributed by atoms with van der Waals surface area (Å²) in [6.07, 6.45) is 5.99. The topological polar surface area (TPSA) is 105 Å². The molecule has 8 nitrogen and oxygen atoms in total. The first-order valence-electron chi connectivity index (χ1n) is 10.5. The van der Waals surface area contributed by atoms with Crippen LogP contribution in [0.25, 0.3) is 17.0 Å². The van der Waals surface area contributed by atoms with Crippen molar-refractivity contribution < 1.29 is 9.59 Å². The Kier molecular flexibility index (Phi) is 5.93. The summed E-state index contributed by atoms with van der Waals surface area (Å²) in [5.41, 5.74) is 4.39. The number of nitrogens with zero attached hydrogens (tertiary/aromatic N) is 3. The maximum absolute atomic E-state index is 13.2. The van der Waals surface area contributed by atoms with Gasteiger partial charge in [0.15, 0.2) is 5.78 Å². The molecule has 170 valence electrons. The van der Waals surface area contributed by atoms with Crippen molar-refractivity contribution in [3.8, 4) is 0 Å². The quantitative estimate of drug-likeness (QED) is 0.240. The molecule has 1 amide bonds. The minimum absolute atomic E-state index is 0.0898. The highest BCUT2D eigenvalue weighted by Crippen LogP contribution is 2.22. The number of hydrogen-bond donors (Lipinski definition) is 3. The van der Waals surface area contributed by atoms with E-state index in [1.807, 2.05) is 25.3 Å². The number of aryl methyl sites for hydroxylation is 2. The molecule has 3 heterocycles. The highest BCUT2D eigenvalue weighted by molar-refractivity contribution is 14.2. The molecular formula is C25H21IN6O2. The maximum atomic E-state index is 13.2. The third kappa shape index (κ3) is 4.46. The summed E-state index contributed by atoms with van der Waals surface area (Å²) in [7, 11) is 1.72. The van der Waals surface area contributed by atoms with Crippen LogP contribution >= 0.6 is 20.7 Å². The van der Waals surface area contributed by atoms with Crippen molar-refractivity contribution in [3.05, 3.63) is 93.1 Å². The Balaban J connectivity index is 1.35. The van der Waals surface area contributed by atoms with Crippen molar-refractivity contribution in [2.75, 3.05) is 5.32 Å². The van der Waals surface area contributed by atoms with Crippen LogP contribution in [-0.4, -0.2) is 35.3 Å². The molecule has 5 rings (SSSR count). The predicted molar refractivity (Wildman–Crippen MR) is 142 cm³/mol. The minimum Gasteiger partial charge on any atom is -0.357 e. The lowest BCUT2D eigenvalue weighted by molar-refractivity contribution is 0.101. The fourth-order valence-electron chi connectivity index (χ4n) is 3.71. The van der Waals surface area contributed by atoms with E-state index >= 15 is 0 Å². The van der Waals surface area contributed by atoms with Gasteiger partial charge in [-0.25, -0.2) is 0 Å². The number of fused-ring (bicyclic) bond motifs is 1. The van der Waals surface area contributed by atoms with Gasteiger partial charge >= 0.3 is 0 Å². The monoisotopic (exact) mass is 564 g/mol. The molecule has 0 saturated carbocycles. The number of anilines is 1. The van der Waals surface area contributed by atoms with Gasteiger partial charge in [-0.3, -0.25) is 19.4 Å². The molecule has 0 saturated heterocycles. The van der Waals surface area contributed by atoms with Gasteiger partial charge in [0.1, 0.15) is 5.69 Å². The highest BCUT2D eigenvalue weighted by Gasteiger charge is 2.15. The summed E-state index contributed by atoms with van der Waals surface area (Å²) in [5, 5.41) is 18.6. The highest BCUT2D eigenvalue weighted by atomic mass is 127. The third-order valence-corrected chi connectivity index (χ3v) is 7.39. The van der Waals surface area contributed by atoms with E-state index in [4.69, 9.17) is 0 Å². The predicted octanol–water partition coefficient (Wildman–Crippen LogP) is 4.28. The molecule has 0 aliphatic carbocycles. The first-order chi connectivity index (χ1) is 16.5. The number of halogens is 1. The van der Waals surface area contributed by atoms with Crippen molar-refractivity contribution in [3.63, 3.8) is 0 Å². The van der Waals surface area contributed by atoms with Crippen LogP contribution in [0.1, 0.15) is 37.8 Å².